The minimum Gasteiger partial charge on any atom is -0.293 e. The molecular formula is C15H24N2OS. The molecule has 0 aromatic heterocycles. The van der Waals surface area contributed by atoms with Gasteiger partial charge >= 0.3 is 0 Å². The second kappa shape index (κ2) is 6.96. The number of thioether (sulfide) groups is 1. The van der Waals surface area contributed by atoms with Crippen molar-refractivity contribution >= 4 is 17.7 Å². The van der Waals surface area contributed by atoms with Gasteiger partial charge < -0.3 is 0 Å². The van der Waals surface area contributed by atoms with Crippen LogP contribution in [0.2, 0.25) is 0 Å². The largest absolute Gasteiger partial charge is 0.293 e. The van der Waals surface area contributed by atoms with Crippen LogP contribution in [0.4, 0.5) is 0 Å². The van der Waals surface area contributed by atoms with Crippen LogP contribution in [0.3, 0.4) is 0 Å². The number of benzene rings is 1. The number of carbonyl (C=O) groups is 1. The molecule has 19 heavy (non-hydrogen) atoms. The van der Waals surface area contributed by atoms with Crippen LogP contribution in [0.5, 0.6) is 0 Å². The normalized spacial score (nSPS) is 13.1. The summed E-state index contributed by atoms with van der Waals surface area (Å²) >= 11 is 1.57. The number of amides is 1. The van der Waals surface area contributed by atoms with Gasteiger partial charge in [-0.15, -0.1) is 11.8 Å². The van der Waals surface area contributed by atoms with E-state index in [4.69, 9.17) is 5.84 Å². The summed E-state index contributed by atoms with van der Waals surface area (Å²) in [6.45, 7) is 8.64. The van der Waals surface area contributed by atoms with Gasteiger partial charge in [0, 0.05) is 4.90 Å². The maximum atomic E-state index is 11.7. The molecule has 0 spiro atoms. The summed E-state index contributed by atoms with van der Waals surface area (Å²) in [4.78, 5) is 12.8. The molecule has 1 unspecified atom stereocenters. The third-order valence-electron chi connectivity index (χ3n) is 2.98. The highest BCUT2D eigenvalue weighted by Crippen LogP contribution is 2.29. The van der Waals surface area contributed by atoms with E-state index in [0.29, 0.717) is 0 Å². The van der Waals surface area contributed by atoms with Crippen molar-refractivity contribution in [2.24, 2.45) is 5.84 Å². The van der Waals surface area contributed by atoms with Crippen molar-refractivity contribution in [3.63, 3.8) is 0 Å². The van der Waals surface area contributed by atoms with Crippen LogP contribution in [-0.4, -0.2) is 11.2 Å². The molecule has 4 heteroatoms. The number of carbonyl (C=O) groups excluding carboxylic acids is 1. The van der Waals surface area contributed by atoms with E-state index in [1.165, 1.54) is 5.56 Å². The highest BCUT2D eigenvalue weighted by Gasteiger charge is 2.18. The number of hydrazine groups is 1. The lowest BCUT2D eigenvalue weighted by Gasteiger charge is -2.20. The quantitative estimate of drug-likeness (QED) is 0.377. The van der Waals surface area contributed by atoms with Crippen LogP contribution >= 0.6 is 11.8 Å². The average molecular weight is 280 g/mol. The Kier molecular flexibility index (Phi) is 5.88. The molecule has 0 saturated heterocycles. The molecule has 0 radical (unpaired) electrons. The number of nitrogens with two attached hydrogens (primary N) is 1. The Morgan fingerprint density at radius 3 is 2.32 bits per heavy atom. The number of hydrogen-bond donors (Lipinski definition) is 2. The fraction of sp³-hybridized carbons (Fsp3) is 0.533. The number of hydrogen-bond acceptors (Lipinski definition) is 3. The standard InChI is InChI=1S/C15H24N2OS/c1-5-6-13(14(18)17-16)19-12-9-7-11(8-10-12)15(2,3)4/h7-10,13H,5-6,16H2,1-4H3,(H,17,18). The van der Waals surface area contributed by atoms with Crippen LogP contribution in [0, 0.1) is 0 Å². The Labute approximate surface area is 120 Å². The third kappa shape index (κ3) is 4.88. The van der Waals surface area contributed by atoms with E-state index in [1.54, 1.807) is 11.8 Å². The molecule has 0 aliphatic rings. The monoisotopic (exact) mass is 280 g/mol. The lowest BCUT2D eigenvalue weighted by molar-refractivity contribution is -0.120. The van der Waals surface area contributed by atoms with Gasteiger partial charge in [-0.3, -0.25) is 10.2 Å². The Morgan fingerprint density at radius 1 is 1.32 bits per heavy atom. The molecule has 1 aromatic rings. The molecule has 1 aromatic carbocycles. The topological polar surface area (TPSA) is 55.1 Å². The van der Waals surface area contributed by atoms with Gasteiger partial charge in [0.2, 0.25) is 5.91 Å². The van der Waals surface area contributed by atoms with Gasteiger partial charge in [0.25, 0.3) is 0 Å². The van der Waals surface area contributed by atoms with E-state index in [9.17, 15) is 4.79 Å². The van der Waals surface area contributed by atoms with Crippen molar-refractivity contribution < 1.29 is 4.79 Å². The zero-order valence-corrected chi connectivity index (χ0v) is 13.0. The van der Waals surface area contributed by atoms with Crippen LogP contribution in [0.1, 0.15) is 46.1 Å². The summed E-state index contributed by atoms with van der Waals surface area (Å²) < 4.78 is 0. The lowest BCUT2D eigenvalue weighted by atomic mass is 9.87. The van der Waals surface area contributed by atoms with E-state index < -0.39 is 0 Å². The van der Waals surface area contributed by atoms with Crippen LogP contribution in [0.15, 0.2) is 29.2 Å². The summed E-state index contributed by atoms with van der Waals surface area (Å²) in [6.07, 6.45) is 1.79. The summed E-state index contributed by atoms with van der Waals surface area (Å²) in [5, 5.41) is -0.115. The molecule has 1 amide bonds. The first-order valence-electron chi connectivity index (χ1n) is 6.66. The second-order valence-corrected chi connectivity index (χ2v) is 6.95. The van der Waals surface area contributed by atoms with Crippen molar-refractivity contribution in [3.05, 3.63) is 29.8 Å². The predicted molar refractivity (Wildman–Crippen MR) is 82.0 cm³/mol. The number of nitrogens with one attached hydrogen (secondary N) is 1. The first-order valence-corrected chi connectivity index (χ1v) is 7.54. The van der Waals surface area contributed by atoms with E-state index in [2.05, 4.69) is 57.4 Å². The molecule has 0 saturated carbocycles. The maximum absolute atomic E-state index is 11.7. The van der Waals surface area contributed by atoms with Gasteiger partial charge in [0.1, 0.15) is 0 Å². The van der Waals surface area contributed by atoms with Crippen molar-refractivity contribution in [2.75, 3.05) is 0 Å². The van der Waals surface area contributed by atoms with Crippen molar-refractivity contribution in [1.29, 1.82) is 0 Å². The lowest BCUT2D eigenvalue weighted by Crippen LogP contribution is -2.37. The van der Waals surface area contributed by atoms with Gasteiger partial charge in [-0.2, -0.15) is 0 Å². The Hall–Kier alpha value is -1.00. The summed E-state index contributed by atoms with van der Waals surface area (Å²) in [6, 6.07) is 8.42. The fourth-order valence-corrected chi connectivity index (χ4v) is 2.95. The van der Waals surface area contributed by atoms with Crippen LogP contribution < -0.4 is 11.3 Å². The number of rotatable bonds is 5. The summed E-state index contributed by atoms with van der Waals surface area (Å²) in [5.74, 6) is 5.12. The Bertz CT molecular complexity index is 409. The molecular weight excluding hydrogens is 256 g/mol. The highest BCUT2D eigenvalue weighted by atomic mass is 32.2. The van der Waals surface area contributed by atoms with Gasteiger partial charge in [-0.05, 0) is 29.5 Å². The van der Waals surface area contributed by atoms with E-state index in [-0.39, 0.29) is 16.6 Å². The molecule has 0 aliphatic carbocycles. The zero-order valence-electron chi connectivity index (χ0n) is 12.2. The minimum atomic E-state index is -0.115. The van der Waals surface area contributed by atoms with Gasteiger partial charge in [-0.1, -0.05) is 46.2 Å². The van der Waals surface area contributed by atoms with E-state index in [1.807, 2.05) is 0 Å². The zero-order chi connectivity index (χ0) is 14.5. The molecule has 106 valence electrons. The maximum Gasteiger partial charge on any atom is 0.247 e. The molecule has 0 fully saturated rings. The molecule has 3 N–H and O–H groups in total. The fourth-order valence-electron chi connectivity index (χ4n) is 1.80. The Balaban J connectivity index is 2.78. The SMILES string of the molecule is CCCC(Sc1ccc(C(C)(C)C)cc1)C(=O)NN. The summed E-state index contributed by atoms with van der Waals surface area (Å²) in [5.41, 5.74) is 3.70. The van der Waals surface area contributed by atoms with E-state index >= 15 is 0 Å². The minimum absolute atomic E-state index is 0.105. The van der Waals surface area contributed by atoms with Gasteiger partial charge in [-0.25, -0.2) is 5.84 Å². The molecule has 0 bridgehead atoms. The molecule has 3 nitrogen and oxygen atoms in total. The van der Waals surface area contributed by atoms with Crippen molar-refractivity contribution in [2.45, 2.75) is 56.1 Å². The third-order valence-corrected chi connectivity index (χ3v) is 4.26. The van der Waals surface area contributed by atoms with Gasteiger partial charge in [0.05, 0.1) is 5.25 Å². The molecule has 0 heterocycles. The first-order chi connectivity index (χ1) is 8.88. The van der Waals surface area contributed by atoms with Crippen LogP contribution in [0.25, 0.3) is 0 Å². The second-order valence-electron chi connectivity index (χ2n) is 5.68. The van der Waals surface area contributed by atoms with E-state index in [0.717, 1.165) is 17.7 Å². The highest BCUT2D eigenvalue weighted by molar-refractivity contribution is 8.00. The van der Waals surface area contributed by atoms with Gasteiger partial charge in [0.15, 0.2) is 0 Å². The molecule has 0 aliphatic heterocycles. The Morgan fingerprint density at radius 2 is 1.89 bits per heavy atom. The average Bonchev–Trinajstić information content (AvgIpc) is 2.37. The smallest absolute Gasteiger partial charge is 0.247 e. The first kappa shape index (κ1) is 16.1. The summed E-state index contributed by atoms with van der Waals surface area (Å²) in [7, 11) is 0. The predicted octanol–water partition coefficient (Wildman–Crippen LogP) is 3.23. The van der Waals surface area contributed by atoms with Crippen molar-refractivity contribution in [3.8, 4) is 0 Å². The van der Waals surface area contributed by atoms with Crippen LogP contribution in [-0.2, 0) is 10.2 Å². The van der Waals surface area contributed by atoms with Crippen molar-refractivity contribution in [1.82, 2.24) is 5.43 Å². The molecule has 1 atom stereocenters. The molecule has 1 rings (SSSR count).